The van der Waals surface area contributed by atoms with Gasteiger partial charge in [0.25, 0.3) is 11.7 Å². The topological polar surface area (TPSA) is 96.3 Å². The molecule has 1 atom stereocenters. The summed E-state index contributed by atoms with van der Waals surface area (Å²) in [5, 5.41) is 20.7. The fourth-order valence-electron chi connectivity index (χ4n) is 4.16. The molecule has 0 aliphatic carbocycles. The number of hydrogen-bond acceptors (Lipinski definition) is 6. The van der Waals surface area contributed by atoms with Crippen molar-refractivity contribution < 1.29 is 33.7 Å². The monoisotopic (exact) mass is 477 g/mol. The molecule has 2 N–H and O–H groups in total. The molecule has 1 amide bonds. The third kappa shape index (κ3) is 4.68. The first-order valence-electron chi connectivity index (χ1n) is 10.9. The Morgan fingerprint density at radius 3 is 2.23 bits per heavy atom. The predicted molar refractivity (Wildman–Crippen MR) is 127 cm³/mol. The van der Waals surface area contributed by atoms with E-state index < -0.39 is 29.3 Å². The fourth-order valence-corrected chi connectivity index (χ4v) is 4.16. The number of amides is 1. The van der Waals surface area contributed by atoms with Crippen LogP contribution in [0.25, 0.3) is 5.76 Å². The van der Waals surface area contributed by atoms with Gasteiger partial charge in [0.15, 0.2) is 11.5 Å². The van der Waals surface area contributed by atoms with Crippen molar-refractivity contribution in [3.05, 3.63) is 94.8 Å². The molecular formula is C27H24FNO6. The number of ketones is 1. The Hall–Kier alpha value is -4.33. The number of phenolic OH excluding ortho intramolecular Hbond substituents is 1. The number of aromatic hydroxyl groups is 1. The Balaban J connectivity index is 1.73. The number of rotatable bonds is 7. The second-order valence-corrected chi connectivity index (χ2v) is 8.03. The number of halogens is 1. The standard InChI is InChI=1S/C27H24FNO6/c1-34-21-12-3-16(15-22(21)35-2)13-14-29-24(17-6-10-20(30)11-7-17)23(26(32)27(29)33)25(31)18-4-8-19(28)9-5-18/h3-12,15,24,30-31H,13-14H2,1-2H3/b25-23-. The summed E-state index contributed by atoms with van der Waals surface area (Å²) in [6.45, 7) is 0.172. The van der Waals surface area contributed by atoms with Crippen molar-refractivity contribution in [2.45, 2.75) is 12.5 Å². The van der Waals surface area contributed by atoms with Crippen LogP contribution in [0.4, 0.5) is 4.39 Å². The molecule has 0 aromatic heterocycles. The second-order valence-electron chi connectivity index (χ2n) is 8.03. The first-order chi connectivity index (χ1) is 16.8. The van der Waals surface area contributed by atoms with Crippen LogP contribution in [0.3, 0.4) is 0 Å². The molecule has 3 aromatic rings. The number of carbonyl (C=O) groups excluding carboxylic acids is 2. The average molecular weight is 477 g/mol. The van der Waals surface area contributed by atoms with Gasteiger partial charge in [-0.15, -0.1) is 0 Å². The molecule has 4 rings (SSSR count). The van der Waals surface area contributed by atoms with Crippen LogP contribution in [0.5, 0.6) is 17.2 Å². The minimum Gasteiger partial charge on any atom is -0.508 e. The zero-order chi connectivity index (χ0) is 25.1. The number of phenols is 1. The number of benzene rings is 3. The van der Waals surface area contributed by atoms with Crippen LogP contribution >= 0.6 is 0 Å². The normalized spacial score (nSPS) is 17.0. The number of aliphatic hydroxyl groups is 1. The van der Waals surface area contributed by atoms with E-state index in [2.05, 4.69) is 0 Å². The molecule has 0 bridgehead atoms. The van der Waals surface area contributed by atoms with Gasteiger partial charge in [-0.1, -0.05) is 18.2 Å². The van der Waals surface area contributed by atoms with Gasteiger partial charge in [0, 0.05) is 12.1 Å². The van der Waals surface area contributed by atoms with E-state index in [9.17, 15) is 24.2 Å². The van der Waals surface area contributed by atoms with E-state index in [1.807, 2.05) is 6.07 Å². The molecule has 180 valence electrons. The van der Waals surface area contributed by atoms with E-state index in [0.717, 1.165) is 17.7 Å². The fraction of sp³-hybridized carbons (Fsp3) is 0.185. The highest BCUT2D eigenvalue weighted by molar-refractivity contribution is 6.46. The van der Waals surface area contributed by atoms with E-state index >= 15 is 0 Å². The lowest BCUT2D eigenvalue weighted by Gasteiger charge is -2.25. The molecule has 7 nitrogen and oxygen atoms in total. The van der Waals surface area contributed by atoms with Crippen LogP contribution in [0.1, 0.15) is 22.7 Å². The van der Waals surface area contributed by atoms with Crippen LogP contribution in [-0.4, -0.2) is 47.6 Å². The van der Waals surface area contributed by atoms with Gasteiger partial charge in [-0.25, -0.2) is 4.39 Å². The molecule has 0 spiro atoms. The average Bonchev–Trinajstić information content (AvgIpc) is 3.12. The largest absolute Gasteiger partial charge is 0.508 e. The van der Waals surface area contributed by atoms with Gasteiger partial charge in [0.1, 0.15) is 17.3 Å². The van der Waals surface area contributed by atoms with Crippen molar-refractivity contribution in [1.82, 2.24) is 4.90 Å². The lowest BCUT2D eigenvalue weighted by molar-refractivity contribution is -0.139. The second kappa shape index (κ2) is 9.89. The van der Waals surface area contributed by atoms with Crippen LogP contribution in [0.2, 0.25) is 0 Å². The summed E-state index contributed by atoms with van der Waals surface area (Å²) in [6.07, 6.45) is 0.401. The zero-order valence-electron chi connectivity index (χ0n) is 19.2. The van der Waals surface area contributed by atoms with Gasteiger partial charge in [0.2, 0.25) is 0 Å². The Kier molecular flexibility index (Phi) is 6.73. The van der Waals surface area contributed by atoms with E-state index in [-0.39, 0.29) is 23.4 Å². The first-order valence-corrected chi connectivity index (χ1v) is 10.9. The highest BCUT2D eigenvalue weighted by Gasteiger charge is 2.45. The Labute approximate surface area is 201 Å². The van der Waals surface area contributed by atoms with Gasteiger partial charge in [-0.05, 0) is 66.1 Å². The van der Waals surface area contributed by atoms with Gasteiger partial charge < -0.3 is 24.6 Å². The molecule has 35 heavy (non-hydrogen) atoms. The van der Waals surface area contributed by atoms with Crippen molar-refractivity contribution in [3.8, 4) is 17.2 Å². The summed E-state index contributed by atoms with van der Waals surface area (Å²) in [4.78, 5) is 27.5. The van der Waals surface area contributed by atoms with Gasteiger partial charge in [-0.2, -0.15) is 0 Å². The van der Waals surface area contributed by atoms with Gasteiger partial charge in [-0.3, -0.25) is 9.59 Å². The highest BCUT2D eigenvalue weighted by atomic mass is 19.1. The number of aliphatic hydroxyl groups excluding tert-OH is 1. The SMILES string of the molecule is COc1ccc(CCN2C(=O)C(=O)/C(=C(\O)c3ccc(F)cc3)C2c2ccc(O)cc2)cc1OC. The molecule has 3 aromatic carbocycles. The maximum Gasteiger partial charge on any atom is 0.295 e. The van der Waals surface area contributed by atoms with Gasteiger partial charge in [0.05, 0.1) is 25.8 Å². The minimum absolute atomic E-state index is 0.0227. The Morgan fingerprint density at radius 2 is 1.60 bits per heavy atom. The number of carbonyl (C=O) groups is 2. The number of ether oxygens (including phenoxy) is 2. The zero-order valence-corrected chi connectivity index (χ0v) is 19.2. The van der Waals surface area contributed by atoms with Crippen molar-refractivity contribution in [2.24, 2.45) is 0 Å². The summed E-state index contributed by atoms with van der Waals surface area (Å²) in [5.41, 5.74) is 1.51. The molecule has 1 heterocycles. The number of methoxy groups -OCH3 is 2. The maximum absolute atomic E-state index is 13.4. The lowest BCUT2D eigenvalue weighted by Crippen LogP contribution is -2.31. The molecule has 1 aliphatic heterocycles. The van der Waals surface area contributed by atoms with Crippen LogP contribution in [0.15, 0.2) is 72.3 Å². The van der Waals surface area contributed by atoms with E-state index in [1.54, 1.807) is 24.3 Å². The third-order valence-corrected chi connectivity index (χ3v) is 5.96. The molecule has 0 saturated carbocycles. The molecule has 1 saturated heterocycles. The highest BCUT2D eigenvalue weighted by Crippen LogP contribution is 2.40. The van der Waals surface area contributed by atoms with Crippen LogP contribution < -0.4 is 9.47 Å². The molecule has 0 radical (unpaired) electrons. The quantitative estimate of drug-likeness (QED) is 0.301. The molecule has 1 aliphatic rings. The summed E-state index contributed by atoms with van der Waals surface area (Å²) in [5.74, 6) is -1.35. The summed E-state index contributed by atoms with van der Waals surface area (Å²) in [7, 11) is 3.07. The number of nitrogens with zero attached hydrogens (tertiary/aromatic N) is 1. The van der Waals surface area contributed by atoms with E-state index in [4.69, 9.17) is 9.47 Å². The lowest BCUT2D eigenvalue weighted by atomic mass is 9.95. The first kappa shape index (κ1) is 23.8. The molecule has 8 heteroatoms. The summed E-state index contributed by atoms with van der Waals surface area (Å²) < 4.78 is 24.0. The number of Topliss-reactive ketones (excluding diaryl/α,β-unsaturated/α-hetero) is 1. The van der Waals surface area contributed by atoms with E-state index in [0.29, 0.717) is 23.5 Å². The van der Waals surface area contributed by atoms with E-state index in [1.165, 1.54) is 43.4 Å². The van der Waals surface area contributed by atoms with Crippen LogP contribution in [0, 0.1) is 5.82 Å². The molecule has 1 unspecified atom stereocenters. The smallest absolute Gasteiger partial charge is 0.295 e. The molecular weight excluding hydrogens is 453 g/mol. The third-order valence-electron chi connectivity index (χ3n) is 5.96. The minimum atomic E-state index is -0.888. The summed E-state index contributed by atoms with van der Waals surface area (Å²) in [6, 6.07) is 15.6. The predicted octanol–water partition coefficient (Wildman–Crippen LogP) is 4.21. The molecule has 1 fully saturated rings. The summed E-state index contributed by atoms with van der Waals surface area (Å²) >= 11 is 0. The Morgan fingerprint density at radius 1 is 0.943 bits per heavy atom. The number of likely N-dealkylation sites (tertiary alicyclic amines) is 1. The van der Waals surface area contributed by atoms with Gasteiger partial charge >= 0.3 is 0 Å². The maximum atomic E-state index is 13.4. The Bertz CT molecular complexity index is 1280. The van der Waals surface area contributed by atoms with Crippen molar-refractivity contribution in [2.75, 3.05) is 20.8 Å². The van der Waals surface area contributed by atoms with Crippen LogP contribution in [-0.2, 0) is 16.0 Å². The van der Waals surface area contributed by atoms with Crippen molar-refractivity contribution >= 4 is 17.4 Å². The van der Waals surface area contributed by atoms with Crippen molar-refractivity contribution in [1.29, 1.82) is 0 Å². The van der Waals surface area contributed by atoms with Crippen molar-refractivity contribution in [3.63, 3.8) is 0 Å². The number of hydrogen-bond donors (Lipinski definition) is 2.